The van der Waals surface area contributed by atoms with Gasteiger partial charge in [0, 0.05) is 26.2 Å². The molecule has 142 valence electrons. The Bertz CT molecular complexity index is 570. The Hall–Kier alpha value is -1.09. The monoisotopic (exact) mass is 464 g/mol. The molecule has 1 aliphatic rings. The van der Waals surface area contributed by atoms with Gasteiger partial charge in [0.05, 0.1) is 6.54 Å². The molecule has 0 saturated carbocycles. The second-order valence-corrected chi connectivity index (χ2v) is 6.26. The van der Waals surface area contributed by atoms with E-state index >= 15 is 0 Å². The number of likely N-dealkylation sites (tertiary alicyclic amines) is 1. The van der Waals surface area contributed by atoms with Gasteiger partial charge < -0.3 is 15.3 Å². The van der Waals surface area contributed by atoms with Crippen LogP contribution in [0.2, 0.25) is 0 Å². The number of likely N-dealkylation sites (N-methyl/N-ethyl adjacent to an activating group) is 2. The smallest absolute Gasteiger partial charge is 0.194 e. The molecule has 1 unspecified atom stereocenters. The van der Waals surface area contributed by atoms with E-state index in [-0.39, 0.29) is 29.7 Å². The first-order valence-corrected chi connectivity index (χ1v) is 8.76. The summed E-state index contributed by atoms with van der Waals surface area (Å²) in [6.45, 7) is 8.61. The second kappa shape index (κ2) is 10.8. The Morgan fingerprint density at radius 1 is 1.44 bits per heavy atom. The fraction of sp³-hybridized carbons (Fsp3) is 0.611. The zero-order valence-corrected chi connectivity index (χ0v) is 17.7. The van der Waals surface area contributed by atoms with Crippen LogP contribution >= 0.6 is 24.0 Å². The first kappa shape index (κ1) is 22.0. The molecule has 1 aromatic carbocycles. The standard InChI is InChI=1S/C18H29FN4O.HI/c1-4-20-18(21-12-14-8-9-17(24)16(19)11-14)22(3)13-15-7-6-10-23(15)5-2;/h8-9,11,15,24H,4-7,10,12-13H2,1-3H3,(H,20,21);1H. The summed E-state index contributed by atoms with van der Waals surface area (Å²) in [5.41, 5.74) is 0.741. The van der Waals surface area contributed by atoms with E-state index in [1.54, 1.807) is 6.07 Å². The maximum atomic E-state index is 13.4. The summed E-state index contributed by atoms with van der Waals surface area (Å²) in [6.07, 6.45) is 2.48. The number of halogens is 2. The Balaban J connectivity index is 0.00000312. The summed E-state index contributed by atoms with van der Waals surface area (Å²) in [5, 5.41) is 12.6. The number of nitrogens with one attached hydrogen (secondary N) is 1. The van der Waals surface area contributed by atoms with E-state index in [1.165, 1.54) is 31.5 Å². The molecule has 2 N–H and O–H groups in total. The van der Waals surface area contributed by atoms with Crippen molar-refractivity contribution in [3.63, 3.8) is 0 Å². The molecule has 25 heavy (non-hydrogen) atoms. The lowest BCUT2D eigenvalue weighted by molar-refractivity contribution is 0.232. The number of phenols is 1. The van der Waals surface area contributed by atoms with E-state index in [9.17, 15) is 9.50 Å². The van der Waals surface area contributed by atoms with Crippen LogP contribution in [0.25, 0.3) is 0 Å². The van der Waals surface area contributed by atoms with Gasteiger partial charge in [-0.25, -0.2) is 9.38 Å². The Labute approximate surface area is 167 Å². The molecule has 0 bridgehead atoms. The average Bonchev–Trinajstić information content (AvgIpc) is 3.01. The normalized spacial score (nSPS) is 18.1. The third kappa shape index (κ3) is 6.29. The highest BCUT2D eigenvalue weighted by Gasteiger charge is 2.24. The molecule has 0 aliphatic carbocycles. The fourth-order valence-electron chi connectivity index (χ4n) is 3.21. The van der Waals surface area contributed by atoms with Crippen molar-refractivity contribution in [3.8, 4) is 5.75 Å². The molecule has 1 aliphatic heterocycles. The summed E-state index contributed by atoms with van der Waals surface area (Å²) in [4.78, 5) is 9.27. The SMILES string of the molecule is CCNC(=NCc1ccc(O)c(F)c1)N(C)CC1CCCN1CC.I. The van der Waals surface area contributed by atoms with Crippen LogP contribution in [-0.2, 0) is 6.54 Å². The molecule has 5 nitrogen and oxygen atoms in total. The van der Waals surface area contributed by atoms with Crippen LogP contribution in [0.4, 0.5) is 4.39 Å². The van der Waals surface area contributed by atoms with E-state index in [1.807, 2.05) is 14.0 Å². The number of phenolic OH excluding ortho intramolecular Hbond substituents is 1. The summed E-state index contributed by atoms with van der Waals surface area (Å²) >= 11 is 0. The molecule has 1 saturated heterocycles. The van der Waals surface area contributed by atoms with Crippen LogP contribution in [0, 0.1) is 5.82 Å². The number of hydrogen-bond donors (Lipinski definition) is 2. The minimum absolute atomic E-state index is 0. The van der Waals surface area contributed by atoms with Gasteiger partial charge in [0.2, 0.25) is 0 Å². The summed E-state index contributed by atoms with van der Waals surface area (Å²) in [5.74, 6) is -0.104. The Morgan fingerprint density at radius 2 is 2.20 bits per heavy atom. The zero-order chi connectivity index (χ0) is 17.5. The lowest BCUT2D eigenvalue weighted by Gasteiger charge is -2.29. The van der Waals surface area contributed by atoms with Crippen molar-refractivity contribution in [1.82, 2.24) is 15.1 Å². The molecule has 0 aromatic heterocycles. The van der Waals surface area contributed by atoms with Gasteiger partial charge in [0.25, 0.3) is 0 Å². The van der Waals surface area contributed by atoms with Crippen molar-refractivity contribution in [1.29, 1.82) is 0 Å². The van der Waals surface area contributed by atoms with Gasteiger partial charge in [0.15, 0.2) is 17.5 Å². The second-order valence-electron chi connectivity index (χ2n) is 6.26. The van der Waals surface area contributed by atoms with E-state index in [4.69, 9.17) is 0 Å². The van der Waals surface area contributed by atoms with Crippen molar-refractivity contribution in [3.05, 3.63) is 29.6 Å². The third-order valence-electron chi connectivity index (χ3n) is 4.51. The molecule has 2 rings (SSSR count). The van der Waals surface area contributed by atoms with Crippen molar-refractivity contribution in [2.24, 2.45) is 4.99 Å². The van der Waals surface area contributed by atoms with E-state index in [2.05, 4.69) is 27.0 Å². The van der Waals surface area contributed by atoms with Gasteiger partial charge in [-0.2, -0.15) is 0 Å². The van der Waals surface area contributed by atoms with Crippen molar-refractivity contribution < 1.29 is 9.50 Å². The molecular formula is C18H30FIN4O. The van der Waals surface area contributed by atoms with Crippen molar-refractivity contribution in [2.45, 2.75) is 39.3 Å². The lowest BCUT2D eigenvalue weighted by atomic mass is 10.2. The van der Waals surface area contributed by atoms with Crippen molar-refractivity contribution >= 4 is 29.9 Å². The summed E-state index contributed by atoms with van der Waals surface area (Å²) < 4.78 is 13.4. The molecule has 0 spiro atoms. The molecule has 1 fully saturated rings. The van der Waals surface area contributed by atoms with Gasteiger partial charge >= 0.3 is 0 Å². The predicted molar refractivity (Wildman–Crippen MR) is 111 cm³/mol. The number of rotatable bonds is 6. The number of hydrogen-bond acceptors (Lipinski definition) is 3. The van der Waals surface area contributed by atoms with Crippen LogP contribution in [0.1, 0.15) is 32.3 Å². The average molecular weight is 464 g/mol. The molecule has 0 amide bonds. The first-order valence-electron chi connectivity index (χ1n) is 8.76. The minimum atomic E-state index is -0.606. The van der Waals surface area contributed by atoms with E-state index in [0.29, 0.717) is 12.6 Å². The summed E-state index contributed by atoms with van der Waals surface area (Å²) in [6, 6.07) is 4.96. The van der Waals surface area contributed by atoms with Crippen molar-refractivity contribution in [2.75, 3.05) is 33.2 Å². The fourth-order valence-corrected chi connectivity index (χ4v) is 3.21. The van der Waals surface area contributed by atoms with Gasteiger partial charge in [-0.1, -0.05) is 13.0 Å². The highest BCUT2D eigenvalue weighted by molar-refractivity contribution is 14.0. The van der Waals surface area contributed by atoms with Crippen LogP contribution in [0.5, 0.6) is 5.75 Å². The van der Waals surface area contributed by atoms with Gasteiger partial charge in [-0.15, -0.1) is 24.0 Å². The summed E-state index contributed by atoms with van der Waals surface area (Å²) in [7, 11) is 2.05. The maximum absolute atomic E-state index is 13.4. The van der Waals surface area contributed by atoms with E-state index < -0.39 is 5.82 Å². The molecule has 1 heterocycles. The third-order valence-corrected chi connectivity index (χ3v) is 4.51. The van der Waals surface area contributed by atoms with Crippen LogP contribution < -0.4 is 5.32 Å². The van der Waals surface area contributed by atoms with Crippen LogP contribution in [-0.4, -0.2) is 60.1 Å². The Kier molecular flexibility index (Phi) is 9.48. The highest BCUT2D eigenvalue weighted by Crippen LogP contribution is 2.18. The number of benzene rings is 1. The molecule has 1 aromatic rings. The van der Waals surface area contributed by atoms with E-state index in [0.717, 1.165) is 31.2 Å². The van der Waals surface area contributed by atoms with Gasteiger partial charge in [-0.05, 0) is 50.6 Å². The zero-order valence-electron chi connectivity index (χ0n) is 15.3. The number of aliphatic imine (C=N–C) groups is 1. The highest BCUT2D eigenvalue weighted by atomic mass is 127. The number of guanidine groups is 1. The minimum Gasteiger partial charge on any atom is -0.505 e. The number of nitrogens with zero attached hydrogens (tertiary/aromatic N) is 3. The van der Waals surface area contributed by atoms with Crippen LogP contribution in [0.3, 0.4) is 0 Å². The van der Waals surface area contributed by atoms with Gasteiger partial charge in [0.1, 0.15) is 0 Å². The quantitative estimate of drug-likeness (QED) is 0.386. The predicted octanol–water partition coefficient (Wildman–Crippen LogP) is 3.03. The number of aromatic hydroxyl groups is 1. The van der Waals surface area contributed by atoms with Gasteiger partial charge in [-0.3, -0.25) is 4.90 Å². The molecule has 0 radical (unpaired) electrons. The Morgan fingerprint density at radius 3 is 2.84 bits per heavy atom. The molecule has 1 atom stereocenters. The maximum Gasteiger partial charge on any atom is 0.194 e. The topological polar surface area (TPSA) is 51.1 Å². The van der Waals surface area contributed by atoms with Crippen LogP contribution in [0.15, 0.2) is 23.2 Å². The first-order chi connectivity index (χ1) is 11.5. The lowest BCUT2D eigenvalue weighted by Crippen LogP contribution is -2.45. The largest absolute Gasteiger partial charge is 0.505 e. The molecular weight excluding hydrogens is 434 g/mol. The molecule has 7 heteroatoms.